The zero-order valence-electron chi connectivity index (χ0n) is 22.6. The lowest BCUT2D eigenvalue weighted by molar-refractivity contribution is -0.141. The number of carbonyl (C=O) groups is 2. The molecule has 0 unspecified atom stereocenters. The van der Waals surface area contributed by atoms with Gasteiger partial charge in [-0.15, -0.1) is 0 Å². The molecule has 2 aromatic carbocycles. The first-order chi connectivity index (χ1) is 17.6. The minimum atomic E-state index is -3.61. The normalized spacial score (nSPS) is 12.9. The number of carbonyl (C=O) groups excluding carboxylic acids is 2. The van der Waals surface area contributed by atoms with E-state index in [1.54, 1.807) is 29.2 Å². The molecule has 9 heteroatoms. The molecule has 0 radical (unpaired) electrons. The standard InChI is InChI=1S/C28H41N3O5S/c1-6-22(4)29-28(33)24(7-2)30(21-23-15-10-9-11-16-23)27(32)19-14-20-31(37(5,34)35)25-17-12-13-18-26(25)36-8-3/h9-13,15-18,22,24H,6-8,14,19-21H2,1-5H3,(H,29,33)/t22-,24-/m1/s1. The summed E-state index contributed by atoms with van der Waals surface area (Å²) in [5, 5.41) is 3.00. The van der Waals surface area contributed by atoms with Crippen LogP contribution in [-0.2, 0) is 26.2 Å². The molecule has 0 aliphatic heterocycles. The van der Waals surface area contributed by atoms with Crippen LogP contribution in [-0.4, -0.2) is 56.6 Å². The topological polar surface area (TPSA) is 96.0 Å². The Bertz CT molecular complexity index is 1110. The van der Waals surface area contributed by atoms with Crippen LogP contribution in [0.1, 0.15) is 58.9 Å². The fourth-order valence-electron chi connectivity index (χ4n) is 4.06. The summed E-state index contributed by atoms with van der Waals surface area (Å²) >= 11 is 0. The zero-order chi connectivity index (χ0) is 27.4. The first-order valence-electron chi connectivity index (χ1n) is 13.0. The van der Waals surface area contributed by atoms with Crippen molar-refractivity contribution >= 4 is 27.5 Å². The highest BCUT2D eigenvalue weighted by Crippen LogP contribution is 2.30. The Hall–Kier alpha value is -3.07. The molecular formula is C28H41N3O5S. The quantitative estimate of drug-likeness (QED) is 0.369. The summed E-state index contributed by atoms with van der Waals surface area (Å²) in [4.78, 5) is 28.2. The van der Waals surface area contributed by atoms with Crippen molar-refractivity contribution in [1.29, 1.82) is 0 Å². The lowest BCUT2D eigenvalue weighted by Gasteiger charge is -2.32. The van der Waals surface area contributed by atoms with E-state index >= 15 is 0 Å². The number of anilines is 1. The van der Waals surface area contributed by atoms with E-state index in [0.717, 1.165) is 18.2 Å². The molecule has 0 aliphatic rings. The van der Waals surface area contributed by atoms with Gasteiger partial charge in [-0.2, -0.15) is 0 Å². The fraction of sp³-hybridized carbons (Fsp3) is 0.500. The molecule has 0 saturated heterocycles. The number of hydrogen-bond acceptors (Lipinski definition) is 5. The number of nitrogens with one attached hydrogen (secondary N) is 1. The lowest BCUT2D eigenvalue weighted by atomic mass is 10.1. The number of hydrogen-bond donors (Lipinski definition) is 1. The molecule has 0 fully saturated rings. The minimum absolute atomic E-state index is 0.00366. The van der Waals surface area contributed by atoms with Gasteiger partial charge in [0.15, 0.2) is 0 Å². The van der Waals surface area contributed by atoms with Gasteiger partial charge in [-0.1, -0.05) is 56.3 Å². The van der Waals surface area contributed by atoms with Gasteiger partial charge in [0.2, 0.25) is 21.8 Å². The maximum Gasteiger partial charge on any atom is 0.243 e. The van der Waals surface area contributed by atoms with Crippen LogP contribution < -0.4 is 14.4 Å². The highest BCUT2D eigenvalue weighted by atomic mass is 32.2. The van der Waals surface area contributed by atoms with Crippen LogP contribution >= 0.6 is 0 Å². The van der Waals surface area contributed by atoms with E-state index in [1.165, 1.54) is 4.31 Å². The van der Waals surface area contributed by atoms with Crippen molar-refractivity contribution in [2.45, 2.75) is 72.0 Å². The Morgan fingerprint density at radius 2 is 1.62 bits per heavy atom. The Morgan fingerprint density at radius 1 is 0.973 bits per heavy atom. The van der Waals surface area contributed by atoms with E-state index in [9.17, 15) is 18.0 Å². The van der Waals surface area contributed by atoms with Crippen LogP contribution in [0.4, 0.5) is 5.69 Å². The SMILES string of the molecule is CCOc1ccccc1N(CCCC(=O)N(Cc1ccccc1)[C@H](CC)C(=O)N[C@H](C)CC)S(C)(=O)=O. The molecule has 0 aromatic heterocycles. The Kier molecular flexibility index (Phi) is 11.9. The molecule has 0 saturated carbocycles. The van der Waals surface area contributed by atoms with E-state index in [-0.39, 0.29) is 30.8 Å². The van der Waals surface area contributed by atoms with Crippen molar-refractivity contribution in [2.75, 3.05) is 23.7 Å². The van der Waals surface area contributed by atoms with Gasteiger partial charge in [0, 0.05) is 25.6 Å². The van der Waals surface area contributed by atoms with Crippen LogP contribution in [0.25, 0.3) is 0 Å². The molecule has 0 bridgehead atoms. The van der Waals surface area contributed by atoms with Gasteiger partial charge in [0.1, 0.15) is 11.8 Å². The molecule has 2 aromatic rings. The second-order valence-corrected chi connectivity index (χ2v) is 11.0. The van der Waals surface area contributed by atoms with Gasteiger partial charge in [-0.25, -0.2) is 8.42 Å². The first-order valence-corrected chi connectivity index (χ1v) is 14.8. The van der Waals surface area contributed by atoms with Gasteiger partial charge in [0.25, 0.3) is 0 Å². The van der Waals surface area contributed by atoms with Crippen LogP contribution in [0, 0.1) is 0 Å². The van der Waals surface area contributed by atoms with Gasteiger partial charge >= 0.3 is 0 Å². The van der Waals surface area contributed by atoms with Crippen molar-refractivity contribution < 1.29 is 22.7 Å². The summed E-state index contributed by atoms with van der Waals surface area (Å²) in [7, 11) is -3.61. The van der Waals surface area contributed by atoms with Gasteiger partial charge in [0.05, 0.1) is 18.6 Å². The fourth-order valence-corrected chi connectivity index (χ4v) is 5.03. The predicted octanol–water partition coefficient (Wildman–Crippen LogP) is 4.35. The van der Waals surface area contributed by atoms with E-state index in [0.29, 0.717) is 37.4 Å². The Balaban J connectivity index is 2.23. The molecule has 0 aliphatic carbocycles. The number of nitrogens with zero attached hydrogens (tertiary/aromatic N) is 2. The number of para-hydroxylation sites is 2. The van der Waals surface area contributed by atoms with Crippen molar-refractivity contribution in [3.63, 3.8) is 0 Å². The number of rotatable bonds is 15. The highest BCUT2D eigenvalue weighted by molar-refractivity contribution is 7.92. The van der Waals surface area contributed by atoms with Crippen LogP contribution in [0.15, 0.2) is 54.6 Å². The van der Waals surface area contributed by atoms with Crippen molar-refractivity contribution in [2.24, 2.45) is 0 Å². The molecule has 204 valence electrons. The second-order valence-electron chi connectivity index (χ2n) is 9.09. The molecule has 1 N–H and O–H groups in total. The predicted molar refractivity (Wildman–Crippen MR) is 148 cm³/mol. The van der Waals surface area contributed by atoms with Crippen LogP contribution in [0.3, 0.4) is 0 Å². The number of sulfonamides is 1. The average molecular weight is 532 g/mol. The largest absolute Gasteiger partial charge is 0.492 e. The molecule has 2 amide bonds. The van der Waals surface area contributed by atoms with E-state index in [4.69, 9.17) is 4.74 Å². The minimum Gasteiger partial charge on any atom is -0.492 e. The molecule has 2 rings (SSSR count). The summed E-state index contributed by atoms with van der Waals surface area (Å²) in [6.45, 7) is 8.48. The van der Waals surface area contributed by atoms with Crippen LogP contribution in [0.2, 0.25) is 0 Å². The summed E-state index contributed by atoms with van der Waals surface area (Å²) in [5.74, 6) is 0.103. The molecule has 8 nitrogen and oxygen atoms in total. The van der Waals surface area contributed by atoms with Crippen molar-refractivity contribution in [3.8, 4) is 5.75 Å². The van der Waals surface area contributed by atoms with E-state index in [1.807, 2.05) is 58.0 Å². The van der Waals surface area contributed by atoms with Gasteiger partial charge in [-0.3, -0.25) is 13.9 Å². The summed E-state index contributed by atoms with van der Waals surface area (Å²) in [6, 6.07) is 15.9. The maximum absolute atomic E-state index is 13.5. The first kappa shape index (κ1) is 30.2. The van der Waals surface area contributed by atoms with Crippen LogP contribution in [0.5, 0.6) is 5.75 Å². The van der Waals surface area contributed by atoms with Gasteiger partial charge < -0.3 is 15.0 Å². The molecular weight excluding hydrogens is 490 g/mol. The third-order valence-corrected chi connectivity index (χ3v) is 7.35. The zero-order valence-corrected chi connectivity index (χ0v) is 23.5. The van der Waals surface area contributed by atoms with Crippen molar-refractivity contribution in [1.82, 2.24) is 10.2 Å². The van der Waals surface area contributed by atoms with Crippen molar-refractivity contribution in [3.05, 3.63) is 60.2 Å². The number of ether oxygens (including phenoxy) is 1. The number of benzene rings is 2. The molecule has 37 heavy (non-hydrogen) atoms. The summed E-state index contributed by atoms with van der Waals surface area (Å²) in [6.07, 6.45) is 2.80. The smallest absolute Gasteiger partial charge is 0.243 e. The molecule has 0 heterocycles. The average Bonchev–Trinajstić information content (AvgIpc) is 2.87. The summed E-state index contributed by atoms with van der Waals surface area (Å²) in [5.41, 5.74) is 1.37. The second kappa shape index (κ2) is 14.6. The van der Waals surface area contributed by atoms with E-state index in [2.05, 4.69) is 5.32 Å². The Labute approximate surface area is 222 Å². The molecule has 0 spiro atoms. The summed E-state index contributed by atoms with van der Waals surface area (Å²) < 4.78 is 32.2. The molecule has 2 atom stereocenters. The van der Waals surface area contributed by atoms with E-state index < -0.39 is 16.1 Å². The number of amides is 2. The third-order valence-electron chi connectivity index (χ3n) is 6.17. The highest BCUT2D eigenvalue weighted by Gasteiger charge is 2.29. The monoisotopic (exact) mass is 531 g/mol. The lowest BCUT2D eigenvalue weighted by Crippen LogP contribution is -2.50. The maximum atomic E-state index is 13.5. The van der Waals surface area contributed by atoms with Gasteiger partial charge in [-0.05, 0) is 50.8 Å². The third kappa shape index (κ3) is 9.07. The Morgan fingerprint density at radius 3 is 2.22 bits per heavy atom.